The van der Waals surface area contributed by atoms with Crippen molar-refractivity contribution < 1.29 is 43.9 Å². The van der Waals surface area contributed by atoms with Gasteiger partial charge in [0.15, 0.2) is 58.2 Å². The van der Waals surface area contributed by atoms with Crippen molar-refractivity contribution in [3.05, 3.63) is 58.2 Å². The topological polar surface area (TPSA) is 0 Å². The maximum absolute atomic E-state index is 13.6. The second kappa shape index (κ2) is 6.30. The summed E-state index contributed by atoms with van der Waals surface area (Å²) < 4.78 is 133. The van der Waals surface area contributed by atoms with E-state index in [1.165, 1.54) is 0 Å². The summed E-state index contributed by atoms with van der Waals surface area (Å²) in [7, 11) is 0. The van der Waals surface area contributed by atoms with Gasteiger partial charge >= 0.3 is 5.54 Å². The highest BCUT2D eigenvalue weighted by atomic mass is 79.9. The molecule has 0 aliphatic heterocycles. The monoisotopic (exact) mass is 424 g/mol. The SMILES string of the molecule is Fc1c(F)c(F)c(B(Br)c2c(F)c(F)c(F)c(F)c2F)c(F)c1F. The molecule has 0 heterocycles. The lowest BCUT2D eigenvalue weighted by atomic mass is 9.62. The highest BCUT2D eigenvalue weighted by Crippen LogP contribution is 2.21. The largest absolute Gasteiger partial charge is 0.301 e. The fourth-order valence-corrected chi connectivity index (χ4v) is 2.64. The van der Waals surface area contributed by atoms with E-state index >= 15 is 0 Å². The molecule has 0 radical (unpaired) electrons. The molecule has 0 amide bonds. The number of hydrogen-bond donors (Lipinski definition) is 0. The highest BCUT2D eigenvalue weighted by molar-refractivity contribution is 9.25. The smallest absolute Gasteiger partial charge is 0.204 e. The minimum absolute atomic E-state index is 1.81. The Bertz CT molecular complexity index is 725. The molecule has 0 aliphatic rings. The Morgan fingerprint density at radius 3 is 0.750 bits per heavy atom. The van der Waals surface area contributed by atoms with Gasteiger partial charge in [0.2, 0.25) is 0 Å². The average molecular weight is 425 g/mol. The van der Waals surface area contributed by atoms with Gasteiger partial charge in [0, 0.05) is 10.9 Å². The van der Waals surface area contributed by atoms with E-state index in [0.29, 0.717) is 0 Å². The van der Waals surface area contributed by atoms with Crippen molar-refractivity contribution in [2.75, 3.05) is 0 Å². The molecule has 2 aromatic carbocycles. The summed E-state index contributed by atoms with van der Waals surface area (Å²) in [5.41, 5.74) is -6.17. The van der Waals surface area contributed by atoms with Gasteiger partial charge in [-0.15, -0.1) is 15.8 Å². The molecule has 0 fully saturated rings. The van der Waals surface area contributed by atoms with Crippen LogP contribution in [0.25, 0.3) is 0 Å². The molecule has 0 unspecified atom stereocenters. The summed E-state index contributed by atoms with van der Waals surface area (Å²) in [6.45, 7) is 0. The first kappa shape index (κ1) is 18.6. The van der Waals surface area contributed by atoms with Crippen LogP contribution in [0, 0.1) is 58.2 Å². The maximum Gasteiger partial charge on any atom is 0.301 e. The van der Waals surface area contributed by atoms with E-state index in [1.54, 1.807) is 0 Å². The van der Waals surface area contributed by atoms with Gasteiger partial charge in [0.05, 0.1) is 0 Å². The molecule has 12 heteroatoms. The molecule has 0 saturated carbocycles. The molecule has 0 aliphatic carbocycles. The van der Waals surface area contributed by atoms with Crippen LogP contribution in [0.15, 0.2) is 0 Å². The van der Waals surface area contributed by atoms with Gasteiger partial charge in [-0.3, -0.25) is 0 Å². The third kappa shape index (κ3) is 2.56. The third-order valence-corrected chi connectivity index (χ3v) is 3.91. The van der Waals surface area contributed by atoms with Crippen molar-refractivity contribution in [2.24, 2.45) is 0 Å². The molecule has 0 nitrogen and oxygen atoms in total. The molecule has 0 spiro atoms. The summed E-state index contributed by atoms with van der Waals surface area (Å²) in [6, 6.07) is 0. The van der Waals surface area contributed by atoms with Crippen molar-refractivity contribution in [3.8, 4) is 0 Å². The zero-order valence-corrected chi connectivity index (χ0v) is 12.3. The Morgan fingerprint density at radius 2 is 0.542 bits per heavy atom. The van der Waals surface area contributed by atoms with Crippen LogP contribution in [0.1, 0.15) is 0 Å². The van der Waals surface area contributed by atoms with E-state index in [4.69, 9.17) is 0 Å². The van der Waals surface area contributed by atoms with Crippen molar-refractivity contribution in [1.29, 1.82) is 0 Å². The van der Waals surface area contributed by atoms with Gasteiger partial charge in [-0.25, -0.2) is 43.9 Å². The predicted octanol–water partition coefficient (Wildman–Crippen LogP) is 3.58. The first-order valence-electron chi connectivity index (χ1n) is 5.69. The highest BCUT2D eigenvalue weighted by Gasteiger charge is 2.38. The van der Waals surface area contributed by atoms with Crippen LogP contribution in [-0.2, 0) is 0 Å². The minimum Gasteiger partial charge on any atom is -0.204 e. The van der Waals surface area contributed by atoms with E-state index in [2.05, 4.69) is 15.8 Å². The molecule has 0 N–H and O–H groups in total. The Balaban J connectivity index is 2.84. The summed E-state index contributed by atoms with van der Waals surface area (Å²) in [6.07, 6.45) is 0. The van der Waals surface area contributed by atoms with Gasteiger partial charge in [0.25, 0.3) is 0 Å². The first-order chi connectivity index (χ1) is 11.0. The molecule has 128 valence electrons. The number of halogens is 11. The maximum atomic E-state index is 13.6. The van der Waals surface area contributed by atoms with Gasteiger partial charge in [-0.1, -0.05) is 0 Å². The van der Waals surface area contributed by atoms with E-state index in [9.17, 15) is 43.9 Å². The lowest BCUT2D eigenvalue weighted by molar-refractivity contribution is 0.382. The standard InChI is InChI=1S/C12BBrF10/c14-13(1-3(15)7(19)11(23)8(20)4(1)16)2-5(17)9(21)12(24)10(22)6(2)18. The molecular formula is C12BBrF10. The molecule has 24 heavy (non-hydrogen) atoms. The molecule has 2 rings (SSSR count). The van der Waals surface area contributed by atoms with Crippen molar-refractivity contribution in [3.63, 3.8) is 0 Å². The second-order valence-electron chi connectivity index (χ2n) is 4.33. The van der Waals surface area contributed by atoms with E-state index in [0.717, 1.165) is 0 Å². The minimum atomic E-state index is -2.55. The second-order valence-corrected chi connectivity index (χ2v) is 5.25. The molecule has 0 saturated heterocycles. The Hall–Kier alpha value is -1.72. The van der Waals surface area contributed by atoms with Crippen LogP contribution >= 0.6 is 15.8 Å². The van der Waals surface area contributed by atoms with Gasteiger partial charge in [-0.05, 0) is 0 Å². The van der Waals surface area contributed by atoms with Gasteiger partial charge in [0.1, 0.15) is 0 Å². The van der Waals surface area contributed by atoms with Crippen LogP contribution in [0.3, 0.4) is 0 Å². The van der Waals surface area contributed by atoms with E-state index < -0.39 is 74.6 Å². The molecule has 0 aromatic heterocycles. The summed E-state index contributed by atoms with van der Waals surface area (Å²) in [4.78, 5) is 0. The lowest BCUT2D eigenvalue weighted by Gasteiger charge is -2.14. The average Bonchev–Trinajstić information content (AvgIpc) is 2.55. The molecule has 0 bridgehead atoms. The Labute approximate surface area is 135 Å². The Kier molecular flexibility index (Phi) is 4.89. The fourth-order valence-electron chi connectivity index (χ4n) is 1.83. The normalized spacial score (nSPS) is 11.1. The zero-order valence-electron chi connectivity index (χ0n) is 10.7. The van der Waals surface area contributed by atoms with Crippen molar-refractivity contribution in [2.45, 2.75) is 0 Å². The van der Waals surface area contributed by atoms with Crippen LogP contribution in [0.4, 0.5) is 43.9 Å². The van der Waals surface area contributed by atoms with Gasteiger partial charge in [-0.2, -0.15) is 0 Å². The van der Waals surface area contributed by atoms with Crippen LogP contribution < -0.4 is 10.9 Å². The number of rotatable bonds is 2. The lowest BCUT2D eigenvalue weighted by Crippen LogP contribution is -2.46. The number of hydrogen-bond acceptors (Lipinski definition) is 0. The summed E-state index contributed by atoms with van der Waals surface area (Å²) in [5.74, 6) is -24.8. The van der Waals surface area contributed by atoms with Crippen molar-refractivity contribution in [1.82, 2.24) is 0 Å². The Morgan fingerprint density at radius 1 is 0.375 bits per heavy atom. The van der Waals surface area contributed by atoms with Crippen LogP contribution in [0.2, 0.25) is 0 Å². The zero-order chi connectivity index (χ0) is 18.5. The fraction of sp³-hybridized carbons (Fsp3) is 0. The van der Waals surface area contributed by atoms with Crippen LogP contribution in [0.5, 0.6) is 0 Å². The van der Waals surface area contributed by atoms with E-state index in [-0.39, 0.29) is 0 Å². The first-order valence-corrected chi connectivity index (χ1v) is 6.60. The summed E-state index contributed by atoms with van der Waals surface area (Å²) in [5, 5.41) is 0. The number of benzene rings is 2. The molecule has 0 atom stereocenters. The summed E-state index contributed by atoms with van der Waals surface area (Å²) >= 11 is 2.21. The quantitative estimate of drug-likeness (QED) is 0.299. The predicted molar refractivity (Wildman–Crippen MR) is 66.4 cm³/mol. The van der Waals surface area contributed by atoms with Crippen LogP contribution in [-0.4, -0.2) is 5.54 Å². The van der Waals surface area contributed by atoms with E-state index in [1.807, 2.05) is 0 Å². The van der Waals surface area contributed by atoms with Gasteiger partial charge < -0.3 is 0 Å². The third-order valence-electron chi connectivity index (χ3n) is 2.99. The molecular weight excluding hydrogens is 425 g/mol. The molecule has 2 aromatic rings. The van der Waals surface area contributed by atoms with Crippen molar-refractivity contribution >= 4 is 32.2 Å².